The highest BCUT2D eigenvalue weighted by atomic mass is 32.2. The van der Waals surface area contributed by atoms with E-state index >= 15 is 0 Å². The maximum Gasteiger partial charge on any atom is 0.407 e. The Hall–Kier alpha value is -2.54. The van der Waals surface area contributed by atoms with Crippen LogP contribution in [0.5, 0.6) is 0 Å². The average Bonchev–Trinajstić information content (AvgIpc) is 3.74. The summed E-state index contributed by atoms with van der Waals surface area (Å²) in [6.07, 6.45) is 1.46. The fraction of sp³-hybridized carbons (Fsp3) is 0.618. The maximum absolute atomic E-state index is 14.0. The van der Waals surface area contributed by atoms with Crippen molar-refractivity contribution in [3.05, 3.63) is 65.7 Å². The second-order valence-electron chi connectivity index (χ2n) is 13.8. The van der Waals surface area contributed by atoms with Crippen LogP contribution in [0.2, 0.25) is 0 Å². The molecule has 6 rings (SSSR count). The summed E-state index contributed by atoms with van der Waals surface area (Å²) >= 11 is 0. The first-order valence-electron chi connectivity index (χ1n) is 16.3. The van der Waals surface area contributed by atoms with E-state index in [0.717, 1.165) is 43.4 Å². The molecule has 0 radical (unpaired) electrons. The smallest absolute Gasteiger partial charge is 0.407 e. The molecule has 1 amide bonds. The quantitative estimate of drug-likeness (QED) is 0.287. The van der Waals surface area contributed by atoms with Gasteiger partial charge in [0.2, 0.25) is 10.0 Å². The maximum atomic E-state index is 14.0. The molecule has 3 unspecified atom stereocenters. The molecule has 2 aromatic rings. The molecule has 3 bridgehead atoms. The Morgan fingerprint density at radius 1 is 1.07 bits per heavy atom. The fourth-order valence-electron chi connectivity index (χ4n) is 7.38. The molecular weight excluding hydrogens is 594 g/mol. The highest BCUT2D eigenvalue weighted by Crippen LogP contribution is 2.48. The van der Waals surface area contributed by atoms with Crippen LogP contribution in [0.1, 0.15) is 50.7 Å². The molecule has 7 atom stereocenters. The lowest BCUT2D eigenvalue weighted by Gasteiger charge is -2.37. The second-order valence-corrected chi connectivity index (χ2v) is 15.7. The summed E-state index contributed by atoms with van der Waals surface area (Å²) in [6.45, 7) is 5.27. The first kappa shape index (κ1) is 32.4. The van der Waals surface area contributed by atoms with Crippen LogP contribution in [-0.2, 0) is 36.1 Å². The van der Waals surface area contributed by atoms with Gasteiger partial charge in [0.25, 0.3) is 0 Å². The van der Waals surface area contributed by atoms with E-state index in [4.69, 9.17) is 14.2 Å². The molecule has 10 nitrogen and oxygen atoms in total. The van der Waals surface area contributed by atoms with Crippen molar-refractivity contribution in [3.63, 3.8) is 0 Å². The zero-order valence-electron chi connectivity index (χ0n) is 26.4. The van der Waals surface area contributed by atoms with Crippen LogP contribution in [0.3, 0.4) is 0 Å². The Kier molecular flexibility index (Phi) is 9.57. The molecule has 2 aliphatic heterocycles. The third kappa shape index (κ3) is 7.08. The van der Waals surface area contributed by atoms with Gasteiger partial charge in [0.05, 0.1) is 29.8 Å². The Balaban J connectivity index is 1.18. The highest BCUT2D eigenvalue weighted by molar-refractivity contribution is 7.89. The minimum absolute atomic E-state index is 0.0149. The Bertz CT molecular complexity index is 1410. The number of aliphatic hydroxyl groups excluding tert-OH is 1. The third-order valence-corrected chi connectivity index (χ3v) is 11.7. The van der Waals surface area contributed by atoms with E-state index in [1.165, 1.54) is 4.31 Å². The molecule has 2 heterocycles. The standard InChI is InChI=1S/C34H47N3O7S/c1-22(2)18-37(45(40,41)27-11-9-26(10-12-27)34(13-14-34)21-35-3)19-29(38)28(15-23-7-5-4-6-8-23)36-33(39)44-31-25-16-24-17-30(31)43-32(24)42-20-25/h4-12,22,24-25,28-32,35,38H,13-21H2,1-3H3,(H,36,39)/t24?,25-,28+,29-,30?,31+,32?/m1/s1. The summed E-state index contributed by atoms with van der Waals surface area (Å²) in [5.74, 6) is 0.431. The van der Waals surface area contributed by atoms with Gasteiger partial charge in [-0.25, -0.2) is 13.2 Å². The summed E-state index contributed by atoms with van der Waals surface area (Å²) in [7, 11) is -2.00. The fourth-order valence-corrected chi connectivity index (χ4v) is 9.00. The van der Waals surface area contributed by atoms with Crippen molar-refractivity contribution in [2.45, 2.75) is 86.9 Å². The van der Waals surface area contributed by atoms with Crippen molar-refractivity contribution in [3.8, 4) is 0 Å². The van der Waals surface area contributed by atoms with Gasteiger partial charge in [0, 0.05) is 36.9 Å². The van der Waals surface area contributed by atoms with E-state index in [-0.39, 0.29) is 47.6 Å². The van der Waals surface area contributed by atoms with Crippen LogP contribution < -0.4 is 10.6 Å². The van der Waals surface area contributed by atoms with E-state index in [0.29, 0.717) is 18.9 Å². The van der Waals surface area contributed by atoms with Crippen LogP contribution in [0.4, 0.5) is 4.79 Å². The van der Waals surface area contributed by atoms with Crippen molar-refractivity contribution >= 4 is 16.1 Å². The van der Waals surface area contributed by atoms with Crippen molar-refractivity contribution in [2.75, 3.05) is 33.3 Å². The van der Waals surface area contributed by atoms with Crippen LogP contribution in [0, 0.1) is 17.8 Å². The predicted molar refractivity (Wildman–Crippen MR) is 169 cm³/mol. The van der Waals surface area contributed by atoms with Crippen molar-refractivity contribution < 1.29 is 32.5 Å². The van der Waals surface area contributed by atoms with Crippen LogP contribution in [0.25, 0.3) is 0 Å². The number of fused-ring (bicyclic) bond motifs is 2. The molecule has 0 aromatic heterocycles. The van der Waals surface area contributed by atoms with Crippen LogP contribution >= 0.6 is 0 Å². The minimum Gasteiger partial charge on any atom is -0.443 e. The molecule has 45 heavy (non-hydrogen) atoms. The number of likely N-dealkylation sites (N-methyl/N-ethyl adjacent to an activating group) is 1. The van der Waals surface area contributed by atoms with Crippen molar-refractivity contribution in [2.24, 2.45) is 17.8 Å². The number of rotatable bonds is 14. The van der Waals surface area contributed by atoms with Gasteiger partial charge in [0.1, 0.15) is 6.10 Å². The van der Waals surface area contributed by atoms with E-state index < -0.39 is 34.4 Å². The number of nitrogens with zero attached hydrogens (tertiary/aromatic N) is 1. The number of hydrogen-bond acceptors (Lipinski definition) is 8. The van der Waals surface area contributed by atoms with Gasteiger partial charge in [-0.05, 0) is 68.3 Å². The Labute approximate surface area is 266 Å². The molecule has 246 valence electrons. The van der Waals surface area contributed by atoms with Crippen molar-refractivity contribution in [1.29, 1.82) is 0 Å². The van der Waals surface area contributed by atoms with Crippen LogP contribution in [-0.4, -0.2) is 87.9 Å². The van der Waals surface area contributed by atoms with Gasteiger partial charge in [-0.1, -0.05) is 56.3 Å². The highest BCUT2D eigenvalue weighted by Gasteiger charge is 2.53. The molecule has 0 spiro atoms. The lowest BCUT2D eigenvalue weighted by Crippen LogP contribution is -2.53. The number of aliphatic hydroxyl groups is 1. The van der Waals surface area contributed by atoms with E-state index in [1.54, 1.807) is 12.1 Å². The molecule has 11 heteroatoms. The number of alkyl carbamates (subject to hydrolysis) is 1. The van der Waals surface area contributed by atoms with Gasteiger partial charge >= 0.3 is 6.09 Å². The summed E-state index contributed by atoms with van der Waals surface area (Å²) in [4.78, 5) is 13.5. The SMILES string of the molecule is CNCC1(c2ccc(S(=O)(=O)N(CC(C)C)C[C@@H](O)[C@H](Cc3ccccc3)NC(=O)O[C@@H]3C4CC5C[C@@H]3COC5O4)cc2)CC1. The summed E-state index contributed by atoms with van der Waals surface area (Å²) in [5.41, 5.74) is 2.11. The number of hydrogen-bond donors (Lipinski definition) is 3. The van der Waals surface area contributed by atoms with Gasteiger partial charge in [-0.15, -0.1) is 0 Å². The lowest BCUT2D eigenvalue weighted by molar-refractivity contribution is -0.153. The first-order valence-corrected chi connectivity index (χ1v) is 17.7. The normalized spacial score (nSPS) is 27.8. The number of ether oxygens (including phenoxy) is 3. The molecular formula is C34H47N3O7S. The zero-order valence-corrected chi connectivity index (χ0v) is 27.2. The molecule has 4 fully saturated rings. The number of nitrogens with one attached hydrogen (secondary N) is 2. The summed E-state index contributed by atoms with van der Waals surface area (Å²) in [6, 6.07) is 15.9. The largest absolute Gasteiger partial charge is 0.443 e. The molecule has 2 aliphatic carbocycles. The average molecular weight is 642 g/mol. The van der Waals surface area contributed by atoms with Crippen LogP contribution in [0.15, 0.2) is 59.5 Å². The number of amides is 1. The number of carbonyl (C=O) groups is 1. The monoisotopic (exact) mass is 641 g/mol. The Morgan fingerprint density at radius 3 is 2.47 bits per heavy atom. The zero-order chi connectivity index (χ0) is 31.8. The predicted octanol–water partition coefficient (Wildman–Crippen LogP) is 3.43. The topological polar surface area (TPSA) is 126 Å². The van der Waals surface area contributed by atoms with Gasteiger partial charge in [-0.3, -0.25) is 0 Å². The lowest BCUT2D eigenvalue weighted by atomic mass is 9.78. The van der Waals surface area contributed by atoms with Crippen molar-refractivity contribution in [1.82, 2.24) is 14.9 Å². The van der Waals surface area contributed by atoms with Gasteiger partial charge in [-0.2, -0.15) is 4.31 Å². The molecule has 2 saturated heterocycles. The molecule has 2 aromatic carbocycles. The van der Waals surface area contributed by atoms with E-state index in [2.05, 4.69) is 10.6 Å². The van der Waals surface area contributed by atoms with Gasteiger partial charge in [0.15, 0.2) is 6.29 Å². The minimum atomic E-state index is -3.93. The number of carbonyl (C=O) groups excluding carboxylic acids is 1. The Morgan fingerprint density at radius 2 is 1.80 bits per heavy atom. The third-order valence-electron chi connectivity index (χ3n) is 9.88. The number of benzene rings is 2. The summed E-state index contributed by atoms with van der Waals surface area (Å²) < 4.78 is 47.0. The van der Waals surface area contributed by atoms with E-state index in [1.807, 2.05) is 63.4 Å². The van der Waals surface area contributed by atoms with E-state index in [9.17, 15) is 18.3 Å². The van der Waals surface area contributed by atoms with Gasteiger partial charge < -0.3 is 30.0 Å². The molecule has 2 saturated carbocycles. The number of sulfonamides is 1. The second kappa shape index (κ2) is 13.3. The molecule has 3 N–H and O–H groups in total. The summed E-state index contributed by atoms with van der Waals surface area (Å²) in [5, 5.41) is 17.8. The first-order chi connectivity index (χ1) is 21.6. The molecule has 4 aliphatic rings.